The summed E-state index contributed by atoms with van der Waals surface area (Å²) in [5.41, 5.74) is -0.673. The highest BCUT2D eigenvalue weighted by Gasteiger charge is 2.47. The summed E-state index contributed by atoms with van der Waals surface area (Å²) in [5, 5.41) is 12.7. The lowest BCUT2D eigenvalue weighted by atomic mass is 9.68. The van der Waals surface area contributed by atoms with Gasteiger partial charge in [0.15, 0.2) is 0 Å². The van der Waals surface area contributed by atoms with Gasteiger partial charge in [-0.1, -0.05) is 33.6 Å². The Kier molecular flexibility index (Phi) is 4.14. The summed E-state index contributed by atoms with van der Waals surface area (Å²) >= 11 is 0. The van der Waals surface area contributed by atoms with Crippen LogP contribution in [0.25, 0.3) is 0 Å². The predicted molar refractivity (Wildman–Crippen MR) is 60.8 cm³/mol. The van der Waals surface area contributed by atoms with E-state index in [1.165, 1.54) is 0 Å². The highest BCUT2D eigenvalue weighted by molar-refractivity contribution is 5.79. The van der Waals surface area contributed by atoms with Crippen LogP contribution >= 0.6 is 0 Å². The summed E-state index contributed by atoms with van der Waals surface area (Å²) in [6.07, 6.45) is 3.93. The Labute approximate surface area is 92.3 Å². The lowest BCUT2D eigenvalue weighted by Crippen LogP contribution is -2.60. The fourth-order valence-corrected chi connectivity index (χ4v) is 2.64. The van der Waals surface area contributed by atoms with Crippen LogP contribution in [-0.2, 0) is 4.79 Å². The van der Waals surface area contributed by atoms with Crippen molar-refractivity contribution in [2.24, 2.45) is 11.8 Å². The maximum absolute atomic E-state index is 11.5. The molecule has 0 radical (unpaired) electrons. The number of hydrogen-bond acceptors (Lipinski definition) is 2. The first-order valence-electron chi connectivity index (χ1n) is 6.03. The molecular formula is C12H23NO2. The molecule has 1 aliphatic carbocycles. The molecule has 0 heterocycles. The molecule has 1 saturated carbocycles. The van der Waals surface area contributed by atoms with Gasteiger partial charge in [-0.15, -0.1) is 0 Å². The zero-order valence-electron chi connectivity index (χ0n) is 10.0. The van der Waals surface area contributed by atoms with Crippen molar-refractivity contribution in [1.29, 1.82) is 0 Å². The number of aliphatic carboxylic acids is 1. The molecule has 0 aliphatic heterocycles. The summed E-state index contributed by atoms with van der Waals surface area (Å²) < 4.78 is 0. The highest BCUT2D eigenvalue weighted by atomic mass is 16.4. The third-order valence-corrected chi connectivity index (χ3v) is 3.93. The maximum Gasteiger partial charge on any atom is 0.324 e. The van der Waals surface area contributed by atoms with Gasteiger partial charge in [0.1, 0.15) is 5.54 Å². The van der Waals surface area contributed by atoms with Gasteiger partial charge >= 0.3 is 5.97 Å². The molecule has 0 saturated heterocycles. The molecule has 0 aromatic heterocycles. The third kappa shape index (κ3) is 2.33. The van der Waals surface area contributed by atoms with Crippen molar-refractivity contribution < 1.29 is 9.90 Å². The van der Waals surface area contributed by atoms with Gasteiger partial charge in [-0.3, -0.25) is 4.79 Å². The van der Waals surface area contributed by atoms with Gasteiger partial charge in [0, 0.05) is 0 Å². The largest absolute Gasteiger partial charge is 0.480 e. The minimum absolute atomic E-state index is 0.218. The standard InChI is InChI=1S/C12H23NO2/c1-4-8-13-12(11(14)15)7-5-6-9(2)10(12)3/h9-10,13H,4-8H2,1-3H3,(H,14,15). The van der Waals surface area contributed by atoms with Crippen LogP contribution in [0.3, 0.4) is 0 Å². The Balaban J connectivity index is 2.82. The molecule has 3 nitrogen and oxygen atoms in total. The second kappa shape index (κ2) is 4.97. The van der Waals surface area contributed by atoms with E-state index in [1.807, 2.05) is 0 Å². The van der Waals surface area contributed by atoms with Gasteiger partial charge in [0.2, 0.25) is 0 Å². The fraction of sp³-hybridized carbons (Fsp3) is 0.917. The monoisotopic (exact) mass is 213 g/mol. The maximum atomic E-state index is 11.5. The van der Waals surface area contributed by atoms with E-state index in [4.69, 9.17) is 0 Å². The molecule has 0 bridgehead atoms. The van der Waals surface area contributed by atoms with Crippen LogP contribution in [0.15, 0.2) is 0 Å². The number of hydrogen-bond donors (Lipinski definition) is 2. The number of nitrogens with one attached hydrogen (secondary N) is 1. The van der Waals surface area contributed by atoms with Gasteiger partial charge in [-0.25, -0.2) is 0 Å². The smallest absolute Gasteiger partial charge is 0.324 e. The van der Waals surface area contributed by atoms with Crippen LogP contribution in [0, 0.1) is 11.8 Å². The fourth-order valence-electron chi connectivity index (χ4n) is 2.64. The van der Waals surface area contributed by atoms with Crippen molar-refractivity contribution in [3.05, 3.63) is 0 Å². The van der Waals surface area contributed by atoms with Crippen molar-refractivity contribution in [1.82, 2.24) is 5.32 Å². The molecular weight excluding hydrogens is 190 g/mol. The van der Waals surface area contributed by atoms with Crippen LogP contribution in [0.2, 0.25) is 0 Å². The van der Waals surface area contributed by atoms with Crippen LogP contribution in [0.1, 0.15) is 46.5 Å². The number of carboxylic acid groups (broad SMARTS) is 1. The Morgan fingerprint density at radius 2 is 2.20 bits per heavy atom. The van der Waals surface area contributed by atoms with Gasteiger partial charge in [-0.2, -0.15) is 0 Å². The molecule has 3 unspecified atom stereocenters. The predicted octanol–water partition coefficient (Wildman–Crippen LogP) is 2.27. The number of rotatable bonds is 4. The first-order valence-corrected chi connectivity index (χ1v) is 6.03. The van der Waals surface area contributed by atoms with Crippen LogP contribution in [-0.4, -0.2) is 23.2 Å². The SMILES string of the molecule is CCCNC1(C(=O)O)CCCC(C)C1C. The van der Waals surface area contributed by atoms with Gasteiger partial charge in [0.05, 0.1) is 0 Å². The molecule has 1 rings (SSSR count). The molecule has 1 fully saturated rings. The zero-order chi connectivity index (χ0) is 11.5. The first kappa shape index (κ1) is 12.5. The molecule has 0 amide bonds. The van der Waals surface area contributed by atoms with E-state index >= 15 is 0 Å². The van der Waals surface area contributed by atoms with E-state index in [0.717, 1.165) is 32.2 Å². The highest BCUT2D eigenvalue weighted by Crippen LogP contribution is 2.37. The topological polar surface area (TPSA) is 49.3 Å². The van der Waals surface area contributed by atoms with E-state index < -0.39 is 11.5 Å². The van der Waals surface area contributed by atoms with Crippen molar-refractivity contribution in [3.63, 3.8) is 0 Å². The lowest BCUT2D eigenvalue weighted by molar-refractivity contribution is -0.150. The average Bonchev–Trinajstić information content (AvgIpc) is 2.20. The van der Waals surface area contributed by atoms with Crippen LogP contribution in [0.4, 0.5) is 0 Å². The van der Waals surface area contributed by atoms with Gasteiger partial charge < -0.3 is 10.4 Å². The summed E-state index contributed by atoms with van der Waals surface area (Å²) in [5.74, 6) is 0.0458. The minimum atomic E-state index is -0.673. The zero-order valence-corrected chi connectivity index (χ0v) is 10.0. The molecule has 3 heteroatoms. The minimum Gasteiger partial charge on any atom is -0.480 e. The Bertz CT molecular complexity index is 230. The second-order valence-electron chi connectivity index (χ2n) is 4.86. The Hall–Kier alpha value is -0.570. The van der Waals surface area contributed by atoms with Crippen LogP contribution in [0.5, 0.6) is 0 Å². The first-order chi connectivity index (χ1) is 7.04. The molecule has 15 heavy (non-hydrogen) atoms. The molecule has 1 aliphatic rings. The van der Waals surface area contributed by atoms with E-state index in [2.05, 4.69) is 26.1 Å². The lowest BCUT2D eigenvalue weighted by Gasteiger charge is -2.43. The quantitative estimate of drug-likeness (QED) is 0.753. The summed E-state index contributed by atoms with van der Waals surface area (Å²) in [6, 6.07) is 0. The normalized spacial score (nSPS) is 36.5. The van der Waals surface area contributed by atoms with Crippen molar-refractivity contribution in [3.8, 4) is 0 Å². The van der Waals surface area contributed by atoms with E-state index in [-0.39, 0.29) is 5.92 Å². The van der Waals surface area contributed by atoms with Gasteiger partial charge in [0.25, 0.3) is 0 Å². The summed E-state index contributed by atoms with van der Waals surface area (Å²) in [6.45, 7) is 7.10. The van der Waals surface area contributed by atoms with Crippen molar-refractivity contribution in [2.45, 2.75) is 52.0 Å². The Morgan fingerprint density at radius 3 is 2.73 bits per heavy atom. The molecule has 0 spiro atoms. The van der Waals surface area contributed by atoms with E-state index in [0.29, 0.717) is 5.92 Å². The molecule has 88 valence electrons. The second-order valence-corrected chi connectivity index (χ2v) is 4.86. The average molecular weight is 213 g/mol. The number of carboxylic acids is 1. The third-order valence-electron chi connectivity index (χ3n) is 3.93. The molecule has 2 N–H and O–H groups in total. The van der Waals surface area contributed by atoms with E-state index in [1.54, 1.807) is 0 Å². The van der Waals surface area contributed by atoms with Gasteiger partial charge in [-0.05, 0) is 31.2 Å². The summed E-state index contributed by atoms with van der Waals surface area (Å²) in [7, 11) is 0. The van der Waals surface area contributed by atoms with Crippen LogP contribution < -0.4 is 5.32 Å². The van der Waals surface area contributed by atoms with Crippen molar-refractivity contribution in [2.75, 3.05) is 6.54 Å². The van der Waals surface area contributed by atoms with Crippen molar-refractivity contribution >= 4 is 5.97 Å². The molecule has 0 aromatic carbocycles. The number of carbonyl (C=O) groups is 1. The Morgan fingerprint density at radius 1 is 1.53 bits per heavy atom. The summed E-state index contributed by atoms with van der Waals surface area (Å²) in [4.78, 5) is 11.5. The van der Waals surface area contributed by atoms with E-state index in [9.17, 15) is 9.90 Å². The molecule has 0 aromatic rings. The molecule has 3 atom stereocenters.